The van der Waals surface area contributed by atoms with Crippen molar-refractivity contribution in [3.05, 3.63) is 74.2 Å². The summed E-state index contributed by atoms with van der Waals surface area (Å²) in [5, 5.41) is 14.4. The van der Waals surface area contributed by atoms with Gasteiger partial charge in [0.25, 0.3) is 5.69 Å². The Bertz CT molecular complexity index is 789. The van der Waals surface area contributed by atoms with Crippen LogP contribution in [0.5, 0.6) is 0 Å². The second-order valence-corrected chi connectivity index (χ2v) is 6.78. The standard InChI is InChI=1S/C18H17BrN2O4/c19-15-7-6-13(12-16(15)21(23)24)17(22)25-18(8-10-20-11-9-18)14-4-2-1-3-5-14/h1-7,12,20H,8-11H2. The molecule has 1 saturated heterocycles. The van der Waals surface area contributed by atoms with Crippen molar-refractivity contribution in [3.8, 4) is 0 Å². The number of esters is 1. The molecule has 6 nitrogen and oxygen atoms in total. The Hall–Kier alpha value is -2.25. The molecule has 0 unspecified atom stereocenters. The second-order valence-electron chi connectivity index (χ2n) is 5.92. The molecule has 1 fully saturated rings. The first-order valence-electron chi connectivity index (χ1n) is 7.95. The molecule has 130 valence electrons. The molecular weight excluding hydrogens is 388 g/mol. The third-order valence-electron chi connectivity index (χ3n) is 4.38. The van der Waals surface area contributed by atoms with Crippen LogP contribution in [0.15, 0.2) is 53.0 Å². The summed E-state index contributed by atoms with van der Waals surface area (Å²) < 4.78 is 6.24. The van der Waals surface area contributed by atoms with Gasteiger partial charge in [-0.15, -0.1) is 0 Å². The molecule has 1 N–H and O–H groups in total. The molecule has 3 rings (SSSR count). The van der Waals surface area contributed by atoms with Crippen molar-refractivity contribution in [1.29, 1.82) is 0 Å². The molecule has 0 saturated carbocycles. The van der Waals surface area contributed by atoms with Crippen LogP contribution in [-0.4, -0.2) is 24.0 Å². The molecule has 2 aromatic carbocycles. The van der Waals surface area contributed by atoms with Crippen molar-refractivity contribution in [1.82, 2.24) is 5.32 Å². The number of nitrogens with one attached hydrogen (secondary N) is 1. The molecule has 1 aliphatic rings. The predicted octanol–water partition coefficient (Wildman–Crippen LogP) is 3.79. The molecule has 0 aliphatic carbocycles. The van der Waals surface area contributed by atoms with Crippen LogP contribution < -0.4 is 5.32 Å². The summed E-state index contributed by atoms with van der Waals surface area (Å²) in [4.78, 5) is 23.3. The SMILES string of the molecule is O=C(OC1(c2ccccc2)CCNCC1)c1ccc(Br)c([N+](=O)[O-])c1. The van der Waals surface area contributed by atoms with Crippen molar-refractivity contribution in [2.24, 2.45) is 0 Å². The quantitative estimate of drug-likeness (QED) is 0.476. The number of rotatable bonds is 4. The van der Waals surface area contributed by atoms with Crippen LogP contribution in [0.2, 0.25) is 0 Å². The van der Waals surface area contributed by atoms with Crippen LogP contribution in [0.1, 0.15) is 28.8 Å². The fraction of sp³-hybridized carbons (Fsp3) is 0.278. The summed E-state index contributed by atoms with van der Waals surface area (Å²) in [6.45, 7) is 1.48. The van der Waals surface area contributed by atoms with Crippen molar-refractivity contribution >= 4 is 27.6 Å². The smallest absolute Gasteiger partial charge is 0.339 e. The number of ether oxygens (including phenoxy) is 1. The van der Waals surface area contributed by atoms with E-state index in [2.05, 4.69) is 21.2 Å². The van der Waals surface area contributed by atoms with Crippen molar-refractivity contribution < 1.29 is 14.5 Å². The number of carbonyl (C=O) groups is 1. The minimum absolute atomic E-state index is 0.159. The molecule has 0 amide bonds. The highest BCUT2D eigenvalue weighted by Crippen LogP contribution is 2.36. The topological polar surface area (TPSA) is 81.5 Å². The fourth-order valence-electron chi connectivity index (χ4n) is 3.04. The molecule has 7 heteroatoms. The summed E-state index contributed by atoms with van der Waals surface area (Å²) in [5.41, 5.74) is 0.236. The highest BCUT2D eigenvalue weighted by Gasteiger charge is 2.38. The molecular formula is C18H17BrN2O4. The lowest BCUT2D eigenvalue weighted by atomic mass is 9.84. The fourth-order valence-corrected chi connectivity index (χ4v) is 3.43. The summed E-state index contributed by atoms with van der Waals surface area (Å²) in [6.07, 6.45) is 1.31. The Morgan fingerprint density at radius 3 is 2.48 bits per heavy atom. The molecule has 0 aromatic heterocycles. The third-order valence-corrected chi connectivity index (χ3v) is 5.05. The summed E-state index contributed by atoms with van der Waals surface area (Å²) in [6, 6.07) is 13.9. The van der Waals surface area contributed by atoms with Crippen molar-refractivity contribution in [2.45, 2.75) is 18.4 Å². The lowest BCUT2D eigenvalue weighted by Gasteiger charge is -2.37. The van der Waals surface area contributed by atoms with Gasteiger partial charge in [-0.25, -0.2) is 4.79 Å². The average Bonchev–Trinajstić information content (AvgIpc) is 2.63. The molecule has 1 aliphatic heterocycles. The van der Waals surface area contributed by atoms with E-state index in [0.717, 1.165) is 18.7 Å². The van der Waals surface area contributed by atoms with E-state index in [-0.39, 0.29) is 11.3 Å². The van der Waals surface area contributed by atoms with E-state index in [1.807, 2.05) is 30.3 Å². The van der Waals surface area contributed by atoms with Crippen LogP contribution in [0.4, 0.5) is 5.69 Å². The number of nitro groups is 1. The van der Waals surface area contributed by atoms with Gasteiger partial charge in [-0.1, -0.05) is 30.3 Å². The maximum atomic E-state index is 12.7. The zero-order valence-electron chi connectivity index (χ0n) is 13.4. The van der Waals surface area contributed by atoms with E-state index in [4.69, 9.17) is 4.74 Å². The first-order valence-corrected chi connectivity index (χ1v) is 8.75. The maximum absolute atomic E-state index is 12.7. The van der Waals surface area contributed by atoms with Gasteiger partial charge in [0.1, 0.15) is 5.60 Å². The van der Waals surface area contributed by atoms with Gasteiger partial charge < -0.3 is 10.1 Å². The van der Waals surface area contributed by atoms with E-state index < -0.39 is 16.5 Å². The Kier molecular flexibility index (Phi) is 5.15. The van der Waals surface area contributed by atoms with Gasteiger partial charge in [0.15, 0.2) is 0 Å². The molecule has 0 radical (unpaired) electrons. The molecule has 1 heterocycles. The number of piperidine rings is 1. The number of nitro benzene ring substituents is 1. The number of halogens is 1. The molecule has 2 aromatic rings. The van der Waals surface area contributed by atoms with Gasteiger partial charge in [0.05, 0.1) is 15.0 Å². The van der Waals surface area contributed by atoms with Gasteiger partial charge in [-0.3, -0.25) is 10.1 Å². The predicted molar refractivity (Wildman–Crippen MR) is 96.4 cm³/mol. The molecule has 0 atom stereocenters. The number of benzene rings is 2. The van der Waals surface area contributed by atoms with Gasteiger partial charge in [-0.05, 0) is 46.7 Å². The highest BCUT2D eigenvalue weighted by molar-refractivity contribution is 9.10. The van der Waals surface area contributed by atoms with Crippen LogP contribution in [0, 0.1) is 10.1 Å². The minimum Gasteiger partial charge on any atom is -0.450 e. The monoisotopic (exact) mass is 404 g/mol. The second kappa shape index (κ2) is 7.33. The average molecular weight is 405 g/mol. The Morgan fingerprint density at radius 2 is 1.84 bits per heavy atom. The number of nitrogens with zero attached hydrogens (tertiary/aromatic N) is 1. The van der Waals surface area contributed by atoms with Crippen LogP contribution in [0.25, 0.3) is 0 Å². The number of carbonyl (C=O) groups excluding carboxylic acids is 1. The third kappa shape index (κ3) is 3.72. The van der Waals surface area contributed by atoms with E-state index in [1.165, 1.54) is 18.2 Å². The van der Waals surface area contributed by atoms with Crippen molar-refractivity contribution in [3.63, 3.8) is 0 Å². The summed E-state index contributed by atoms with van der Waals surface area (Å²) in [7, 11) is 0. The number of hydrogen-bond acceptors (Lipinski definition) is 5. The highest BCUT2D eigenvalue weighted by atomic mass is 79.9. The van der Waals surface area contributed by atoms with E-state index in [1.54, 1.807) is 0 Å². The maximum Gasteiger partial charge on any atom is 0.339 e. The Balaban J connectivity index is 1.91. The lowest BCUT2D eigenvalue weighted by Crippen LogP contribution is -2.43. The zero-order valence-corrected chi connectivity index (χ0v) is 15.0. The van der Waals surface area contributed by atoms with Crippen LogP contribution in [-0.2, 0) is 10.3 Å². The Morgan fingerprint density at radius 1 is 1.16 bits per heavy atom. The molecule has 25 heavy (non-hydrogen) atoms. The van der Waals surface area contributed by atoms with Gasteiger partial charge in [0, 0.05) is 18.9 Å². The zero-order chi connectivity index (χ0) is 17.9. The van der Waals surface area contributed by atoms with Crippen LogP contribution in [0.3, 0.4) is 0 Å². The Labute approximate surface area is 153 Å². The molecule has 0 bridgehead atoms. The van der Waals surface area contributed by atoms with Gasteiger partial charge in [-0.2, -0.15) is 0 Å². The lowest BCUT2D eigenvalue weighted by molar-refractivity contribution is -0.385. The summed E-state index contributed by atoms with van der Waals surface area (Å²) in [5.74, 6) is -0.554. The first-order chi connectivity index (χ1) is 12.0. The van der Waals surface area contributed by atoms with E-state index in [9.17, 15) is 14.9 Å². The van der Waals surface area contributed by atoms with E-state index >= 15 is 0 Å². The first kappa shape index (κ1) is 17.6. The number of hydrogen-bond donors (Lipinski definition) is 1. The normalized spacial score (nSPS) is 16.2. The van der Waals surface area contributed by atoms with Crippen molar-refractivity contribution in [2.75, 3.05) is 13.1 Å². The largest absolute Gasteiger partial charge is 0.450 e. The molecule has 0 spiro atoms. The van der Waals surface area contributed by atoms with Gasteiger partial charge >= 0.3 is 5.97 Å². The summed E-state index contributed by atoms with van der Waals surface area (Å²) >= 11 is 3.12. The minimum atomic E-state index is -0.717. The van der Waals surface area contributed by atoms with Gasteiger partial charge in [0.2, 0.25) is 0 Å². The van der Waals surface area contributed by atoms with E-state index in [0.29, 0.717) is 17.3 Å². The van der Waals surface area contributed by atoms with Crippen LogP contribution >= 0.6 is 15.9 Å².